The Balaban J connectivity index is 1.87. The maximum Gasteiger partial charge on any atom is -0.00146 e. The monoisotopic (exact) mass is 174 g/mol. The quantitative estimate of drug-likeness (QED) is 0.489. The van der Waals surface area contributed by atoms with E-state index in [0.29, 0.717) is 0 Å². The van der Waals surface area contributed by atoms with Crippen LogP contribution < -0.4 is 0 Å². The van der Waals surface area contributed by atoms with Crippen LogP contribution in [0, 0.1) is 11.8 Å². The van der Waals surface area contributed by atoms with Crippen LogP contribution in [0.3, 0.4) is 0 Å². The van der Waals surface area contributed by atoms with Gasteiger partial charge in [-0.1, -0.05) is 29.7 Å². The van der Waals surface area contributed by atoms with Crippen LogP contribution in [0.2, 0.25) is 0 Å². The molecule has 3 aliphatic carbocycles. The summed E-state index contributed by atoms with van der Waals surface area (Å²) in [6, 6.07) is 0. The molecule has 0 nitrogen and oxygen atoms in total. The Kier molecular flexibility index (Phi) is 1.81. The zero-order valence-corrected chi connectivity index (χ0v) is 8.26. The molecule has 0 N–H and O–H groups in total. The van der Waals surface area contributed by atoms with Crippen molar-refractivity contribution in [2.24, 2.45) is 11.8 Å². The molecular formula is C13H18. The number of rotatable bonds is 0. The Labute approximate surface area is 80.7 Å². The van der Waals surface area contributed by atoms with Crippen LogP contribution in [-0.2, 0) is 0 Å². The van der Waals surface area contributed by atoms with Crippen molar-refractivity contribution in [3.05, 3.63) is 23.3 Å². The smallest absolute Gasteiger partial charge is 0.00146 e. The zero-order chi connectivity index (χ0) is 8.67. The summed E-state index contributed by atoms with van der Waals surface area (Å²) in [6.07, 6.45) is 15.0. The first-order valence-electron chi connectivity index (χ1n) is 5.82. The molecule has 70 valence electrons. The summed E-state index contributed by atoms with van der Waals surface area (Å²) in [6.45, 7) is 0. The highest BCUT2D eigenvalue weighted by atomic mass is 14.4. The van der Waals surface area contributed by atoms with E-state index in [2.05, 4.69) is 12.2 Å². The molecule has 0 aliphatic heterocycles. The standard InChI is InChI=1S/C13H18/c1-2-4-11(5-3-1)13-9-10-6-7-12(13)8-10/h6-7,10,12H,1-5,8-9H2/t10?,12-/m1/s1. The fourth-order valence-corrected chi connectivity index (χ4v) is 3.32. The summed E-state index contributed by atoms with van der Waals surface area (Å²) in [5.74, 6) is 1.80. The van der Waals surface area contributed by atoms with E-state index in [1.165, 1.54) is 44.9 Å². The molecule has 0 spiro atoms. The fraction of sp³-hybridized carbons (Fsp3) is 0.692. The molecule has 2 atom stereocenters. The Bertz CT molecular complexity index is 262. The largest absolute Gasteiger partial charge is 0.0845 e. The lowest BCUT2D eigenvalue weighted by Gasteiger charge is -2.20. The first-order valence-corrected chi connectivity index (χ1v) is 5.82. The van der Waals surface area contributed by atoms with Gasteiger partial charge in [-0.3, -0.25) is 0 Å². The summed E-state index contributed by atoms with van der Waals surface area (Å²) < 4.78 is 0. The number of fused-ring (bicyclic) bond motifs is 2. The topological polar surface area (TPSA) is 0 Å². The van der Waals surface area contributed by atoms with Gasteiger partial charge in [0.2, 0.25) is 0 Å². The van der Waals surface area contributed by atoms with Gasteiger partial charge in [0.05, 0.1) is 0 Å². The van der Waals surface area contributed by atoms with Gasteiger partial charge in [-0.15, -0.1) is 0 Å². The molecule has 2 bridgehead atoms. The third-order valence-electron chi connectivity index (χ3n) is 4.01. The van der Waals surface area contributed by atoms with Crippen LogP contribution in [-0.4, -0.2) is 0 Å². The van der Waals surface area contributed by atoms with Gasteiger partial charge < -0.3 is 0 Å². The molecule has 13 heavy (non-hydrogen) atoms. The first-order chi connectivity index (χ1) is 6.43. The van der Waals surface area contributed by atoms with Gasteiger partial charge in [0, 0.05) is 0 Å². The second kappa shape index (κ2) is 3.01. The Morgan fingerprint density at radius 1 is 1.00 bits per heavy atom. The minimum absolute atomic E-state index is 0.873. The molecule has 0 aromatic carbocycles. The Morgan fingerprint density at radius 2 is 1.85 bits per heavy atom. The predicted molar refractivity (Wildman–Crippen MR) is 55.5 cm³/mol. The summed E-state index contributed by atoms with van der Waals surface area (Å²) in [4.78, 5) is 0. The highest BCUT2D eigenvalue weighted by Gasteiger charge is 2.32. The van der Waals surface area contributed by atoms with Gasteiger partial charge in [-0.2, -0.15) is 0 Å². The van der Waals surface area contributed by atoms with E-state index in [1.807, 2.05) is 11.1 Å². The van der Waals surface area contributed by atoms with Crippen LogP contribution in [0.1, 0.15) is 44.9 Å². The maximum absolute atomic E-state index is 2.46. The zero-order valence-electron chi connectivity index (χ0n) is 8.26. The molecule has 3 aliphatic rings. The minimum atomic E-state index is 0.873. The molecule has 2 saturated carbocycles. The second-order valence-electron chi connectivity index (χ2n) is 4.88. The van der Waals surface area contributed by atoms with Gasteiger partial charge in [0.25, 0.3) is 0 Å². The summed E-state index contributed by atoms with van der Waals surface area (Å²) in [7, 11) is 0. The Hall–Kier alpha value is -0.520. The number of hydrogen-bond acceptors (Lipinski definition) is 0. The Morgan fingerprint density at radius 3 is 2.46 bits per heavy atom. The van der Waals surface area contributed by atoms with Crippen molar-refractivity contribution in [3.8, 4) is 0 Å². The molecule has 0 amide bonds. The molecule has 0 radical (unpaired) electrons. The average Bonchev–Trinajstić information content (AvgIpc) is 2.80. The highest BCUT2D eigenvalue weighted by Crippen LogP contribution is 2.46. The van der Waals surface area contributed by atoms with Crippen molar-refractivity contribution in [1.82, 2.24) is 0 Å². The first kappa shape index (κ1) is 7.84. The normalized spacial score (nSPS) is 37.5. The van der Waals surface area contributed by atoms with Crippen LogP contribution in [0.4, 0.5) is 0 Å². The van der Waals surface area contributed by atoms with E-state index >= 15 is 0 Å². The van der Waals surface area contributed by atoms with Gasteiger partial charge in [0.1, 0.15) is 0 Å². The van der Waals surface area contributed by atoms with Gasteiger partial charge in [-0.25, -0.2) is 0 Å². The number of hydrogen-bond donors (Lipinski definition) is 0. The molecule has 0 aromatic rings. The third-order valence-corrected chi connectivity index (χ3v) is 4.01. The van der Waals surface area contributed by atoms with E-state index in [1.54, 1.807) is 0 Å². The summed E-state index contributed by atoms with van der Waals surface area (Å²) in [5, 5.41) is 0. The molecule has 0 saturated heterocycles. The predicted octanol–water partition coefficient (Wildman–Crippen LogP) is 3.84. The van der Waals surface area contributed by atoms with Crippen molar-refractivity contribution in [2.45, 2.75) is 44.9 Å². The lowest BCUT2D eigenvalue weighted by atomic mass is 9.86. The molecule has 3 rings (SSSR count). The third kappa shape index (κ3) is 1.27. The van der Waals surface area contributed by atoms with Crippen LogP contribution in [0.5, 0.6) is 0 Å². The average molecular weight is 174 g/mol. The lowest BCUT2D eigenvalue weighted by molar-refractivity contribution is 0.584. The molecule has 0 heteroatoms. The van der Waals surface area contributed by atoms with Crippen LogP contribution in [0.25, 0.3) is 0 Å². The van der Waals surface area contributed by atoms with Crippen LogP contribution >= 0.6 is 0 Å². The van der Waals surface area contributed by atoms with E-state index in [-0.39, 0.29) is 0 Å². The lowest BCUT2D eigenvalue weighted by Crippen LogP contribution is -2.02. The van der Waals surface area contributed by atoms with Crippen molar-refractivity contribution < 1.29 is 0 Å². The van der Waals surface area contributed by atoms with E-state index in [9.17, 15) is 0 Å². The maximum atomic E-state index is 2.46. The van der Waals surface area contributed by atoms with E-state index in [4.69, 9.17) is 0 Å². The van der Waals surface area contributed by atoms with Gasteiger partial charge >= 0.3 is 0 Å². The second-order valence-corrected chi connectivity index (χ2v) is 4.88. The van der Waals surface area contributed by atoms with Crippen molar-refractivity contribution in [1.29, 1.82) is 0 Å². The van der Waals surface area contributed by atoms with Gasteiger partial charge in [0.15, 0.2) is 0 Å². The molecule has 0 heterocycles. The summed E-state index contributed by atoms with van der Waals surface area (Å²) in [5.41, 5.74) is 3.70. The van der Waals surface area contributed by atoms with Gasteiger partial charge in [-0.05, 0) is 50.4 Å². The molecule has 2 fully saturated rings. The van der Waals surface area contributed by atoms with Crippen molar-refractivity contribution in [3.63, 3.8) is 0 Å². The van der Waals surface area contributed by atoms with Crippen molar-refractivity contribution >= 4 is 0 Å². The van der Waals surface area contributed by atoms with Crippen LogP contribution in [0.15, 0.2) is 23.3 Å². The SMILES string of the molecule is C1=C[C@@H]2CC1CC2=C1CCCCC1. The van der Waals surface area contributed by atoms with Crippen molar-refractivity contribution in [2.75, 3.05) is 0 Å². The number of allylic oxidation sites excluding steroid dienone is 4. The molecule has 1 unspecified atom stereocenters. The highest BCUT2D eigenvalue weighted by molar-refractivity contribution is 5.31. The minimum Gasteiger partial charge on any atom is -0.0845 e. The van der Waals surface area contributed by atoms with E-state index < -0.39 is 0 Å². The molecular weight excluding hydrogens is 156 g/mol. The summed E-state index contributed by atoms with van der Waals surface area (Å²) >= 11 is 0. The van der Waals surface area contributed by atoms with E-state index in [0.717, 1.165) is 11.8 Å². The fourth-order valence-electron chi connectivity index (χ4n) is 3.32. The molecule has 0 aromatic heterocycles.